The van der Waals surface area contributed by atoms with Gasteiger partial charge in [-0.05, 0) is 14.0 Å². The lowest BCUT2D eigenvalue weighted by atomic mass is 10.1. The van der Waals surface area contributed by atoms with Gasteiger partial charge in [0.2, 0.25) is 11.7 Å². The fourth-order valence-corrected chi connectivity index (χ4v) is 3.52. The van der Waals surface area contributed by atoms with Gasteiger partial charge in [0.1, 0.15) is 17.3 Å². The topological polar surface area (TPSA) is 101 Å². The Hall–Kier alpha value is -3.47. The number of carbonyl (C=O) groups is 1. The molecule has 9 nitrogen and oxygen atoms in total. The zero-order chi connectivity index (χ0) is 23.0. The number of amides is 1. The smallest absolute Gasteiger partial charge is 0.303 e. The van der Waals surface area contributed by atoms with E-state index in [-0.39, 0.29) is 11.7 Å². The van der Waals surface area contributed by atoms with Gasteiger partial charge in [-0.15, -0.1) is 0 Å². The van der Waals surface area contributed by atoms with Crippen LogP contribution < -0.4 is 10.6 Å². The second-order valence-electron chi connectivity index (χ2n) is 8.03. The standard InChI is InChI=1S/C21H24F2N8O/c1-12-7-19(28-20(25-12)21(3,22)23)27-16-8-18(26-13(2)32)24-9-17(16)31-11-14-10-30(4)6-5-15(14)29-31/h7-9,11H,5-6,10H2,1-4H3,(H2,24,25,26,27,28,32). The van der Waals surface area contributed by atoms with E-state index < -0.39 is 11.7 Å². The molecule has 0 bridgehead atoms. The number of halogens is 2. The molecule has 1 aliphatic rings. The Kier molecular flexibility index (Phi) is 5.59. The third-order valence-electron chi connectivity index (χ3n) is 4.99. The van der Waals surface area contributed by atoms with Crippen LogP contribution >= 0.6 is 0 Å². The zero-order valence-electron chi connectivity index (χ0n) is 18.3. The molecular weight excluding hydrogens is 418 g/mol. The number of nitrogens with zero attached hydrogens (tertiary/aromatic N) is 6. The van der Waals surface area contributed by atoms with Crippen molar-refractivity contribution in [1.29, 1.82) is 0 Å². The Morgan fingerprint density at radius 1 is 1.22 bits per heavy atom. The Balaban J connectivity index is 1.76. The number of likely N-dealkylation sites (N-methyl/N-ethyl adjacent to an activating group) is 1. The van der Waals surface area contributed by atoms with E-state index in [0.717, 1.165) is 37.7 Å². The highest BCUT2D eigenvalue weighted by molar-refractivity contribution is 5.88. The molecule has 32 heavy (non-hydrogen) atoms. The zero-order valence-corrected chi connectivity index (χ0v) is 18.3. The quantitative estimate of drug-likeness (QED) is 0.626. The second-order valence-corrected chi connectivity index (χ2v) is 8.03. The maximum absolute atomic E-state index is 13.8. The van der Waals surface area contributed by atoms with Crippen molar-refractivity contribution in [2.75, 3.05) is 24.2 Å². The number of carbonyl (C=O) groups excluding carboxylic acids is 1. The van der Waals surface area contributed by atoms with Crippen LogP contribution in [-0.2, 0) is 23.7 Å². The van der Waals surface area contributed by atoms with Crippen LogP contribution in [0.5, 0.6) is 0 Å². The number of hydrogen-bond donors (Lipinski definition) is 2. The molecule has 168 valence electrons. The van der Waals surface area contributed by atoms with Crippen molar-refractivity contribution in [3.05, 3.63) is 47.3 Å². The molecule has 1 amide bonds. The summed E-state index contributed by atoms with van der Waals surface area (Å²) in [6.07, 6.45) is 4.33. The summed E-state index contributed by atoms with van der Waals surface area (Å²) >= 11 is 0. The van der Waals surface area contributed by atoms with Crippen molar-refractivity contribution in [2.24, 2.45) is 0 Å². The Bertz CT molecular complexity index is 1170. The Labute approximate surface area is 183 Å². The lowest BCUT2D eigenvalue weighted by Crippen LogP contribution is -2.25. The molecule has 0 radical (unpaired) electrons. The first-order chi connectivity index (χ1) is 15.1. The van der Waals surface area contributed by atoms with E-state index in [0.29, 0.717) is 22.9 Å². The van der Waals surface area contributed by atoms with Crippen molar-refractivity contribution in [2.45, 2.75) is 39.7 Å². The number of aromatic nitrogens is 5. The molecule has 0 atom stereocenters. The second kappa shape index (κ2) is 8.23. The van der Waals surface area contributed by atoms with Crippen LogP contribution in [0.1, 0.15) is 36.6 Å². The maximum atomic E-state index is 13.8. The maximum Gasteiger partial charge on any atom is 0.303 e. The van der Waals surface area contributed by atoms with Gasteiger partial charge < -0.3 is 15.5 Å². The number of hydrogen-bond acceptors (Lipinski definition) is 7. The molecule has 11 heteroatoms. The fourth-order valence-electron chi connectivity index (χ4n) is 3.52. The molecule has 3 aromatic heterocycles. The van der Waals surface area contributed by atoms with Gasteiger partial charge in [0.05, 0.1) is 17.6 Å². The highest BCUT2D eigenvalue weighted by atomic mass is 19.3. The summed E-state index contributed by atoms with van der Waals surface area (Å²) in [6.45, 7) is 5.46. The molecule has 4 rings (SSSR count). The van der Waals surface area contributed by atoms with Crippen LogP contribution in [0.15, 0.2) is 24.5 Å². The summed E-state index contributed by atoms with van der Waals surface area (Å²) in [5, 5.41) is 10.4. The number of anilines is 3. The van der Waals surface area contributed by atoms with Gasteiger partial charge in [-0.1, -0.05) is 0 Å². The number of alkyl halides is 2. The third kappa shape index (κ3) is 4.72. The van der Waals surface area contributed by atoms with Crippen LogP contribution in [-0.4, -0.2) is 49.1 Å². The van der Waals surface area contributed by atoms with Crippen LogP contribution in [0.2, 0.25) is 0 Å². The van der Waals surface area contributed by atoms with E-state index >= 15 is 0 Å². The van der Waals surface area contributed by atoms with Gasteiger partial charge in [0, 0.05) is 62.9 Å². The highest BCUT2D eigenvalue weighted by Gasteiger charge is 2.29. The minimum Gasteiger partial charge on any atom is -0.338 e. The molecule has 0 saturated carbocycles. The van der Waals surface area contributed by atoms with Gasteiger partial charge in [-0.25, -0.2) is 19.6 Å². The lowest BCUT2D eigenvalue weighted by molar-refractivity contribution is -0.114. The fraction of sp³-hybridized carbons (Fsp3) is 0.381. The number of pyridine rings is 1. The molecule has 1 aliphatic heterocycles. The average Bonchev–Trinajstić information content (AvgIpc) is 3.09. The summed E-state index contributed by atoms with van der Waals surface area (Å²) in [6, 6.07) is 3.19. The summed E-state index contributed by atoms with van der Waals surface area (Å²) in [5.74, 6) is -3.52. The summed E-state index contributed by atoms with van der Waals surface area (Å²) in [5.41, 5.74) is 3.61. The number of fused-ring (bicyclic) bond motifs is 1. The number of rotatable bonds is 5. The first-order valence-electron chi connectivity index (χ1n) is 10.1. The minimum absolute atomic E-state index is 0.201. The first kappa shape index (κ1) is 21.8. The monoisotopic (exact) mass is 442 g/mol. The van der Waals surface area contributed by atoms with Crippen molar-refractivity contribution >= 4 is 23.2 Å². The van der Waals surface area contributed by atoms with E-state index in [1.807, 2.05) is 6.20 Å². The van der Waals surface area contributed by atoms with E-state index in [1.54, 1.807) is 29.9 Å². The van der Waals surface area contributed by atoms with Crippen molar-refractivity contribution < 1.29 is 13.6 Å². The van der Waals surface area contributed by atoms with E-state index in [1.165, 1.54) is 6.92 Å². The SMILES string of the molecule is CC(=O)Nc1cc(Nc2cc(C)nc(C(C)(F)F)n2)c(-n2cc3c(n2)CCN(C)C3)cn1. The van der Waals surface area contributed by atoms with Gasteiger partial charge in [-0.2, -0.15) is 13.9 Å². The molecule has 0 spiro atoms. The average molecular weight is 442 g/mol. The van der Waals surface area contributed by atoms with E-state index in [2.05, 4.69) is 37.5 Å². The van der Waals surface area contributed by atoms with Crippen molar-refractivity contribution in [1.82, 2.24) is 29.6 Å². The molecule has 3 aromatic rings. The Morgan fingerprint density at radius 3 is 2.72 bits per heavy atom. The lowest BCUT2D eigenvalue weighted by Gasteiger charge is -2.20. The normalized spacial score (nSPS) is 14.2. The predicted octanol–water partition coefficient (Wildman–Crippen LogP) is 3.17. The van der Waals surface area contributed by atoms with Crippen LogP contribution in [0, 0.1) is 6.92 Å². The van der Waals surface area contributed by atoms with E-state index in [4.69, 9.17) is 5.10 Å². The summed E-state index contributed by atoms with van der Waals surface area (Å²) < 4.78 is 29.4. The number of aryl methyl sites for hydroxylation is 1. The van der Waals surface area contributed by atoms with Crippen molar-refractivity contribution in [3.63, 3.8) is 0 Å². The highest BCUT2D eigenvalue weighted by Crippen LogP contribution is 2.29. The first-order valence-corrected chi connectivity index (χ1v) is 10.1. The summed E-state index contributed by atoms with van der Waals surface area (Å²) in [4.78, 5) is 25.8. The van der Waals surface area contributed by atoms with Crippen LogP contribution in [0.4, 0.5) is 26.1 Å². The molecular formula is C21H24F2N8O. The Morgan fingerprint density at radius 2 is 2.00 bits per heavy atom. The third-order valence-corrected chi connectivity index (χ3v) is 4.99. The van der Waals surface area contributed by atoms with E-state index in [9.17, 15) is 13.6 Å². The largest absolute Gasteiger partial charge is 0.338 e. The van der Waals surface area contributed by atoms with Gasteiger partial charge in [0.15, 0.2) is 0 Å². The van der Waals surface area contributed by atoms with Gasteiger partial charge in [0.25, 0.3) is 0 Å². The van der Waals surface area contributed by atoms with Gasteiger partial charge >= 0.3 is 5.92 Å². The molecule has 0 aliphatic carbocycles. The van der Waals surface area contributed by atoms with Crippen molar-refractivity contribution in [3.8, 4) is 5.69 Å². The summed E-state index contributed by atoms with van der Waals surface area (Å²) in [7, 11) is 2.05. The molecule has 2 N–H and O–H groups in total. The predicted molar refractivity (Wildman–Crippen MR) is 115 cm³/mol. The molecule has 4 heterocycles. The molecule has 0 saturated heterocycles. The molecule has 0 unspecified atom stereocenters. The number of nitrogens with one attached hydrogen (secondary N) is 2. The van der Waals surface area contributed by atoms with Crippen LogP contribution in [0.25, 0.3) is 5.69 Å². The minimum atomic E-state index is -3.18. The molecule has 0 fully saturated rings. The molecule has 0 aromatic carbocycles. The van der Waals surface area contributed by atoms with Gasteiger partial charge in [-0.3, -0.25) is 4.79 Å². The van der Waals surface area contributed by atoms with Crippen LogP contribution in [0.3, 0.4) is 0 Å².